The summed E-state index contributed by atoms with van der Waals surface area (Å²) in [5.74, 6) is 1.27. The van der Waals surface area contributed by atoms with E-state index in [1.54, 1.807) is 27.2 Å². The summed E-state index contributed by atoms with van der Waals surface area (Å²) in [6.07, 6.45) is 0. The molecule has 0 saturated heterocycles. The molecule has 142 valence electrons. The lowest BCUT2D eigenvalue weighted by atomic mass is 9.92. The van der Waals surface area contributed by atoms with E-state index in [1.807, 2.05) is 36.4 Å². The molecule has 0 aromatic heterocycles. The number of hydrogen-bond acceptors (Lipinski definition) is 5. The summed E-state index contributed by atoms with van der Waals surface area (Å²) in [5.41, 5.74) is 6.60. The third-order valence-electron chi connectivity index (χ3n) is 4.07. The van der Waals surface area contributed by atoms with Gasteiger partial charge in [0, 0.05) is 12.1 Å². The Morgan fingerprint density at radius 1 is 1.00 bits per heavy atom. The summed E-state index contributed by atoms with van der Waals surface area (Å²) in [4.78, 5) is 12.6. The van der Waals surface area contributed by atoms with E-state index >= 15 is 0 Å². The topological polar surface area (TPSA) is 82.8 Å². The van der Waals surface area contributed by atoms with E-state index in [4.69, 9.17) is 19.9 Å². The average molecular weight is 381 g/mol. The molecule has 0 spiro atoms. The standard InChI is InChI=1S/C19H24N2O4.ClH/c1-19(20,14-8-6-5-7-9-14)18(22)21-12-13-10-11-15(23-2)17(25-4)16(13)24-3;/h5-11H,12,20H2,1-4H3,(H,21,22);1H. The summed E-state index contributed by atoms with van der Waals surface area (Å²) >= 11 is 0. The van der Waals surface area contributed by atoms with Crippen LogP contribution in [-0.4, -0.2) is 27.2 Å². The summed E-state index contributed by atoms with van der Waals surface area (Å²) in [6, 6.07) is 12.8. The molecule has 0 radical (unpaired) electrons. The van der Waals surface area contributed by atoms with Gasteiger partial charge in [-0.3, -0.25) is 4.79 Å². The molecule has 2 aromatic carbocycles. The molecule has 7 heteroatoms. The van der Waals surface area contributed by atoms with Crippen molar-refractivity contribution in [2.45, 2.75) is 19.0 Å². The van der Waals surface area contributed by atoms with Crippen molar-refractivity contribution in [3.8, 4) is 17.2 Å². The Morgan fingerprint density at radius 3 is 2.15 bits per heavy atom. The number of carbonyl (C=O) groups is 1. The van der Waals surface area contributed by atoms with Crippen LogP contribution in [0.4, 0.5) is 0 Å². The first-order valence-electron chi connectivity index (χ1n) is 7.86. The van der Waals surface area contributed by atoms with Crippen molar-refractivity contribution in [1.29, 1.82) is 0 Å². The van der Waals surface area contributed by atoms with Gasteiger partial charge in [0.25, 0.3) is 0 Å². The maximum Gasteiger partial charge on any atom is 0.244 e. The largest absolute Gasteiger partial charge is 0.493 e. The van der Waals surface area contributed by atoms with E-state index in [9.17, 15) is 4.79 Å². The van der Waals surface area contributed by atoms with Crippen LogP contribution in [0.2, 0.25) is 0 Å². The minimum absolute atomic E-state index is 0. The smallest absolute Gasteiger partial charge is 0.244 e. The minimum atomic E-state index is -1.13. The molecule has 0 aliphatic rings. The molecule has 2 rings (SSSR count). The maximum absolute atomic E-state index is 12.6. The monoisotopic (exact) mass is 380 g/mol. The molecular weight excluding hydrogens is 356 g/mol. The Balaban J connectivity index is 0.00000338. The first-order chi connectivity index (χ1) is 12.0. The first kappa shape index (κ1) is 21.6. The summed E-state index contributed by atoms with van der Waals surface area (Å²) in [7, 11) is 4.63. The predicted octanol–water partition coefficient (Wildman–Crippen LogP) is 2.62. The maximum atomic E-state index is 12.6. The van der Waals surface area contributed by atoms with E-state index in [-0.39, 0.29) is 24.9 Å². The van der Waals surface area contributed by atoms with Crippen LogP contribution < -0.4 is 25.3 Å². The van der Waals surface area contributed by atoms with Gasteiger partial charge in [-0.1, -0.05) is 30.3 Å². The molecule has 3 N–H and O–H groups in total. The number of amides is 1. The van der Waals surface area contributed by atoms with E-state index < -0.39 is 5.54 Å². The van der Waals surface area contributed by atoms with Crippen LogP contribution in [0.1, 0.15) is 18.1 Å². The molecule has 0 aliphatic carbocycles. The second kappa shape index (κ2) is 9.31. The highest BCUT2D eigenvalue weighted by Crippen LogP contribution is 2.39. The molecular formula is C19H25ClN2O4. The second-order valence-corrected chi connectivity index (χ2v) is 5.74. The Labute approximate surface area is 160 Å². The number of nitrogens with two attached hydrogens (primary N) is 1. The van der Waals surface area contributed by atoms with Crippen LogP contribution in [0.3, 0.4) is 0 Å². The van der Waals surface area contributed by atoms with Crippen molar-refractivity contribution in [3.63, 3.8) is 0 Å². The molecule has 2 aromatic rings. The van der Waals surface area contributed by atoms with Crippen LogP contribution in [0.5, 0.6) is 17.2 Å². The second-order valence-electron chi connectivity index (χ2n) is 5.74. The molecule has 6 nitrogen and oxygen atoms in total. The molecule has 1 amide bonds. The highest BCUT2D eigenvalue weighted by Gasteiger charge is 2.30. The highest BCUT2D eigenvalue weighted by atomic mass is 35.5. The van der Waals surface area contributed by atoms with Gasteiger partial charge in [-0.2, -0.15) is 0 Å². The third kappa shape index (κ3) is 4.39. The lowest BCUT2D eigenvalue weighted by Gasteiger charge is -2.24. The first-order valence-corrected chi connectivity index (χ1v) is 7.86. The number of ether oxygens (including phenoxy) is 3. The van der Waals surface area contributed by atoms with Crippen molar-refractivity contribution in [2.75, 3.05) is 21.3 Å². The third-order valence-corrected chi connectivity index (χ3v) is 4.07. The minimum Gasteiger partial charge on any atom is -0.493 e. The zero-order chi connectivity index (χ0) is 18.4. The number of rotatable bonds is 7. The number of benzene rings is 2. The van der Waals surface area contributed by atoms with Gasteiger partial charge < -0.3 is 25.3 Å². The molecule has 26 heavy (non-hydrogen) atoms. The van der Waals surface area contributed by atoms with Crippen LogP contribution in [0.15, 0.2) is 42.5 Å². The molecule has 1 atom stereocenters. The van der Waals surface area contributed by atoms with Gasteiger partial charge in [-0.05, 0) is 24.6 Å². The van der Waals surface area contributed by atoms with Gasteiger partial charge in [0.1, 0.15) is 5.54 Å². The fraction of sp³-hybridized carbons (Fsp3) is 0.316. The number of nitrogens with one attached hydrogen (secondary N) is 1. The van der Waals surface area contributed by atoms with Crippen LogP contribution in [-0.2, 0) is 16.9 Å². The average Bonchev–Trinajstić information content (AvgIpc) is 2.65. The lowest BCUT2D eigenvalue weighted by molar-refractivity contribution is -0.126. The van der Waals surface area contributed by atoms with Crippen molar-refractivity contribution in [2.24, 2.45) is 5.73 Å². The van der Waals surface area contributed by atoms with E-state index in [0.717, 1.165) is 11.1 Å². The number of carbonyl (C=O) groups excluding carboxylic acids is 1. The molecule has 0 bridgehead atoms. The zero-order valence-corrected chi connectivity index (χ0v) is 16.2. The summed E-state index contributed by atoms with van der Waals surface area (Å²) in [5, 5.41) is 2.86. The van der Waals surface area contributed by atoms with Gasteiger partial charge in [-0.25, -0.2) is 0 Å². The van der Waals surface area contributed by atoms with E-state index in [2.05, 4.69) is 5.32 Å². The Hall–Kier alpha value is -2.44. The van der Waals surface area contributed by atoms with Gasteiger partial charge in [0.05, 0.1) is 21.3 Å². The van der Waals surface area contributed by atoms with Gasteiger partial charge in [0.2, 0.25) is 11.7 Å². The van der Waals surface area contributed by atoms with Crippen molar-refractivity contribution < 1.29 is 19.0 Å². The molecule has 0 fully saturated rings. The Bertz CT molecular complexity index is 736. The van der Waals surface area contributed by atoms with E-state index in [1.165, 1.54) is 7.11 Å². The SMILES string of the molecule is COc1ccc(CNC(=O)C(C)(N)c2ccccc2)c(OC)c1OC.Cl. The van der Waals surface area contributed by atoms with Crippen molar-refractivity contribution >= 4 is 18.3 Å². The highest BCUT2D eigenvalue weighted by molar-refractivity contribution is 5.87. The fourth-order valence-corrected chi connectivity index (χ4v) is 2.58. The van der Waals surface area contributed by atoms with Gasteiger partial charge in [0.15, 0.2) is 11.5 Å². The van der Waals surface area contributed by atoms with E-state index in [0.29, 0.717) is 17.2 Å². The lowest BCUT2D eigenvalue weighted by Crippen LogP contribution is -2.48. The molecule has 0 heterocycles. The fourth-order valence-electron chi connectivity index (χ4n) is 2.58. The van der Waals surface area contributed by atoms with Crippen LogP contribution in [0.25, 0.3) is 0 Å². The number of methoxy groups -OCH3 is 3. The quantitative estimate of drug-likeness (QED) is 0.771. The Kier molecular flexibility index (Phi) is 7.74. The zero-order valence-electron chi connectivity index (χ0n) is 15.4. The molecule has 1 unspecified atom stereocenters. The Morgan fingerprint density at radius 2 is 1.62 bits per heavy atom. The predicted molar refractivity (Wildman–Crippen MR) is 103 cm³/mol. The van der Waals surface area contributed by atoms with Gasteiger partial charge >= 0.3 is 0 Å². The molecule has 0 aliphatic heterocycles. The number of hydrogen-bond donors (Lipinski definition) is 2. The van der Waals surface area contributed by atoms with Crippen LogP contribution in [0, 0.1) is 0 Å². The van der Waals surface area contributed by atoms with Crippen molar-refractivity contribution in [1.82, 2.24) is 5.32 Å². The van der Waals surface area contributed by atoms with Crippen LogP contribution >= 0.6 is 12.4 Å². The van der Waals surface area contributed by atoms with Gasteiger partial charge in [-0.15, -0.1) is 12.4 Å². The van der Waals surface area contributed by atoms with Crippen molar-refractivity contribution in [3.05, 3.63) is 53.6 Å². The summed E-state index contributed by atoms with van der Waals surface area (Å²) < 4.78 is 16.0. The molecule has 0 saturated carbocycles. The number of halogens is 1. The normalized spacial score (nSPS) is 12.3. The summed E-state index contributed by atoms with van der Waals surface area (Å²) in [6.45, 7) is 1.94.